The summed E-state index contributed by atoms with van der Waals surface area (Å²) in [4.78, 5) is 26.4. The van der Waals surface area contributed by atoms with E-state index in [1.54, 1.807) is 6.92 Å². The van der Waals surface area contributed by atoms with E-state index in [1.807, 2.05) is 0 Å². The zero-order chi connectivity index (χ0) is 14.0. The number of nitrogens with two attached hydrogens (primary N) is 1. The molecule has 0 fully saturated rings. The van der Waals surface area contributed by atoms with Crippen molar-refractivity contribution in [2.24, 2.45) is 0 Å². The first-order valence-electron chi connectivity index (χ1n) is 5.35. The number of aromatic nitrogens is 4. The Kier molecular flexibility index (Phi) is 3.56. The van der Waals surface area contributed by atoms with Gasteiger partial charge in [-0.1, -0.05) is 0 Å². The molecule has 100 valence electrons. The van der Waals surface area contributed by atoms with Gasteiger partial charge in [0.1, 0.15) is 5.03 Å². The topological polar surface area (TPSA) is 127 Å². The molecule has 0 amide bonds. The first kappa shape index (κ1) is 13.1. The molecule has 0 spiro atoms. The van der Waals surface area contributed by atoms with Crippen LogP contribution in [-0.4, -0.2) is 30.8 Å². The van der Waals surface area contributed by atoms with E-state index in [-0.39, 0.29) is 16.9 Å². The van der Waals surface area contributed by atoms with Crippen LogP contribution in [0.1, 0.15) is 17.3 Å². The molecule has 0 aliphatic heterocycles. The van der Waals surface area contributed by atoms with E-state index in [2.05, 4.69) is 15.2 Å². The summed E-state index contributed by atoms with van der Waals surface area (Å²) in [5.41, 5.74) is 5.43. The lowest BCUT2D eigenvalue weighted by molar-refractivity contribution is 0.0697. The van der Waals surface area contributed by atoms with Crippen LogP contribution in [0.3, 0.4) is 0 Å². The first-order chi connectivity index (χ1) is 9.04. The van der Waals surface area contributed by atoms with Gasteiger partial charge in [0.25, 0.3) is 0 Å². The Morgan fingerprint density at radius 1 is 1.63 bits per heavy atom. The van der Waals surface area contributed by atoms with Gasteiger partial charge in [-0.2, -0.15) is 0 Å². The van der Waals surface area contributed by atoms with Crippen LogP contribution in [-0.2, 0) is 6.54 Å². The number of aromatic carboxylic acids is 1. The van der Waals surface area contributed by atoms with Gasteiger partial charge in [-0.3, -0.25) is 4.57 Å². The van der Waals surface area contributed by atoms with Crippen LogP contribution < -0.4 is 11.4 Å². The molecule has 2 aromatic rings. The predicted octanol–water partition coefficient (Wildman–Crippen LogP) is 0.418. The lowest BCUT2D eigenvalue weighted by Crippen LogP contribution is -2.16. The van der Waals surface area contributed by atoms with Crippen molar-refractivity contribution >= 4 is 23.4 Å². The van der Waals surface area contributed by atoms with Gasteiger partial charge in [-0.05, 0) is 24.8 Å². The minimum atomic E-state index is -1.13. The van der Waals surface area contributed by atoms with Crippen LogP contribution in [0.15, 0.2) is 27.2 Å². The summed E-state index contributed by atoms with van der Waals surface area (Å²) < 4.78 is 1.40. The van der Waals surface area contributed by atoms with Crippen molar-refractivity contribution < 1.29 is 9.90 Å². The molecule has 0 unspecified atom stereocenters. The zero-order valence-corrected chi connectivity index (χ0v) is 10.8. The Balaban J connectivity index is 2.41. The minimum Gasteiger partial charge on any atom is -0.478 e. The van der Waals surface area contributed by atoms with Crippen molar-refractivity contribution in [1.82, 2.24) is 19.7 Å². The van der Waals surface area contributed by atoms with Crippen LogP contribution in [0.5, 0.6) is 0 Å². The number of carboxylic acids is 1. The summed E-state index contributed by atoms with van der Waals surface area (Å²) in [7, 11) is 0. The molecule has 19 heavy (non-hydrogen) atoms. The molecule has 9 heteroatoms. The van der Waals surface area contributed by atoms with Gasteiger partial charge in [0.05, 0.1) is 11.3 Å². The number of hydrogen-bond acceptors (Lipinski definition) is 6. The Labute approximate surface area is 111 Å². The van der Waals surface area contributed by atoms with E-state index in [0.717, 1.165) is 11.8 Å². The van der Waals surface area contributed by atoms with Crippen LogP contribution >= 0.6 is 11.8 Å². The second kappa shape index (κ2) is 5.14. The smallest absolute Gasteiger partial charge is 0.343 e. The van der Waals surface area contributed by atoms with Gasteiger partial charge in [0.15, 0.2) is 5.16 Å². The predicted molar refractivity (Wildman–Crippen MR) is 68.3 cm³/mol. The quantitative estimate of drug-likeness (QED) is 0.741. The fourth-order valence-corrected chi connectivity index (χ4v) is 2.39. The van der Waals surface area contributed by atoms with E-state index >= 15 is 0 Å². The fourth-order valence-electron chi connectivity index (χ4n) is 1.47. The number of carboxylic acid groups (broad SMARTS) is 1. The van der Waals surface area contributed by atoms with Crippen LogP contribution in [0.2, 0.25) is 0 Å². The summed E-state index contributed by atoms with van der Waals surface area (Å²) in [5.74, 6) is -1.13. The molecule has 0 bridgehead atoms. The summed E-state index contributed by atoms with van der Waals surface area (Å²) in [6, 6.07) is 1.32. The molecule has 0 aliphatic rings. The standard InChI is InChI=1S/C10H11N5O3S/c1-2-15-9(18)13-14-10(15)19-7-6(11)5(8(16)17)3-4-12-7/h3-4H,2,11H2,1H3,(H,13,18)(H,16,17). The molecular formula is C10H11N5O3S. The molecule has 2 aromatic heterocycles. The maximum atomic E-state index is 11.4. The number of pyridine rings is 1. The Bertz CT molecular complexity index is 678. The van der Waals surface area contributed by atoms with Crippen molar-refractivity contribution in [3.05, 3.63) is 28.3 Å². The lowest BCUT2D eigenvalue weighted by Gasteiger charge is -2.06. The van der Waals surface area contributed by atoms with Crippen LogP contribution in [0.25, 0.3) is 0 Å². The molecule has 2 rings (SSSR count). The van der Waals surface area contributed by atoms with E-state index < -0.39 is 5.97 Å². The minimum absolute atomic E-state index is 0.0292. The third-order valence-electron chi connectivity index (χ3n) is 2.41. The Morgan fingerprint density at radius 3 is 3.00 bits per heavy atom. The summed E-state index contributed by atoms with van der Waals surface area (Å²) >= 11 is 1.04. The maximum absolute atomic E-state index is 11.4. The maximum Gasteiger partial charge on any atom is 0.343 e. The molecule has 0 aliphatic carbocycles. The highest BCUT2D eigenvalue weighted by atomic mass is 32.2. The molecule has 8 nitrogen and oxygen atoms in total. The first-order valence-corrected chi connectivity index (χ1v) is 6.17. The second-order valence-corrected chi connectivity index (χ2v) is 4.50. The molecule has 0 aromatic carbocycles. The highest BCUT2D eigenvalue weighted by molar-refractivity contribution is 7.99. The highest BCUT2D eigenvalue weighted by Gasteiger charge is 2.16. The van der Waals surface area contributed by atoms with Crippen molar-refractivity contribution in [2.75, 3.05) is 5.73 Å². The third-order valence-corrected chi connectivity index (χ3v) is 3.42. The number of aromatic amines is 1. The molecule has 4 N–H and O–H groups in total. The molecular weight excluding hydrogens is 270 g/mol. The molecule has 2 heterocycles. The largest absolute Gasteiger partial charge is 0.478 e. The normalized spacial score (nSPS) is 10.6. The van der Waals surface area contributed by atoms with Crippen LogP contribution in [0, 0.1) is 0 Å². The number of nitrogen functional groups attached to an aromatic ring is 1. The number of nitrogens with one attached hydrogen (secondary N) is 1. The number of rotatable bonds is 4. The van der Waals surface area contributed by atoms with Gasteiger partial charge in [-0.15, -0.1) is 5.10 Å². The van der Waals surface area contributed by atoms with E-state index in [9.17, 15) is 9.59 Å². The third kappa shape index (κ3) is 2.45. The second-order valence-electron chi connectivity index (χ2n) is 3.54. The van der Waals surface area contributed by atoms with Gasteiger partial charge in [-0.25, -0.2) is 19.7 Å². The summed E-state index contributed by atoms with van der Waals surface area (Å²) in [6.45, 7) is 2.24. The number of carbonyl (C=O) groups is 1. The van der Waals surface area contributed by atoms with Gasteiger partial charge >= 0.3 is 11.7 Å². The molecule has 0 saturated carbocycles. The zero-order valence-electron chi connectivity index (χ0n) is 9.95. The summed E-state index contributed by atoms with van der Waals surface area (Å²) in [6.07, 6.45) is 1.35. The SMILES string of the molecule is CCn1c(Sc2nccc(C(=O)O)c2N)n[nH]c1=O. The Hall–Kier alpha value is -2.29. The molecule has 0 saturated heterocycles. The fraction of sp³-hybridized carbons (Fsp3) is 0.200. The van der Waals surface area contributed by atoms with E-state index in [0.29, 0.717) is 16.7 Å². The lowest BCUT2D eigenvalue weighted by atomic mass is 10.2. The van der Waals surface area contributed by atoms with Gasteiger partial charge < -0.3 is 10.8 Å². The van der Waals surface area contributed by atoms with E-state index in [1.165, 1.54) is 16.8 Å². The van der Waals surface area contributed by atoms with Gasteiger partial charge in [0, 0.05) is 12.7 Å². The average Bonchev–Trinajstić information content (AvgIpc) is 2.72. The number of anilines is 1. The van der Waals surface area contributed by atoms with Crippen LogP contribution in [0.4, 0.5) is 5.69 Å². The number of nitrogens with zero attached hydrogens (tertiary/aromatic N) is 3. The van der Waals surface area contributed by atoms with Crippen molar-refractivity contribution in [1.29, 1.82) is 0 Å². The van der Waals surface area contributed by atoms with E-state index in [4.69, 9.17) is 10.8 Å². The van der Waals surface area contributed by atoms with Crippen molar-refractivity contribution in [3.8, 4) is 0 Å². The van der Waals surface area contributed by atoms with Gasteiger partial charge in [0.2, 0.25) is 0 Å². The number of H-pyrrole nitrogens is 1. The monoisotopic (exact) mass is 281 g/mol. The Morgan fingerprint density at radius 2 is 2.37 bits per heavy atom. The highest BCUT2D eigenvalue weighted by Crippen LogP contribution is 2.29. The molecule has 0 radical (unpaired) electrons. The molecule has 0 atom stereocenters. The summed E-state index contributed by atoms with van der Waals surface area (Å²) in [5, 5.41) is 15.8. The average molecular weight is 281 g/mol. The van der Waals surface area contributed by atoms with Crippen molar-refractivity contribution in [3.63, 3.8) is 0 Å². The number of hydrogen-bond donors (Lipinski definition) is 3. The van der Waals surface area contributed by atoms with Crippen molar-refractivity contribution in [2.45, 2.75) is 23.7 Å².